The number of aromatic nitrogens is 2. The quantitative estimate of drug-likeness (QED) is 0.416. The fourth-order valence-corrected chi connectivity index (χ4v) is 4.26. The summed E-state index contributed by atoms with van der Waals surface area (Å²) in [5.74, 6) is 1.84. The monoisotopic (exact) mass is 438 g/mol. The minimum Gasteiger partial charge on any atom is -0.497 e. The predicted molar refractivity (Wildman–Crippen MR) is 132 cm³/mol. The summed E-state index contributed by atoms with van der Waals surface area (Å²) in [7, 11) is 1.68. The lowest BCUT2D eigenvalue weighted by molar-refractivity contribution is 0.101. The molecular weight excluding hydrogens is 412 g/mol. The maximum Gasteiger partial charge on any atom is 0.159 e. The summed E-state index contributed by atoms with van der Waals surface area (Å²) in [4.78, 5) is 25.5. The third-order valence-corrected chi connectivity index (χ3v) is 6.21. The number of rotatable bonds is 5. The molecule has 1 aliphatic rings. The molecule has 0 amide bonds. The van der Waals surface area contributed by atoms with Gasteiger partial charge in [0, 0.05) is 43.0 Å². The first kappa shape index (κ1) is 20.9. The van der Waals surface area contributed by atoms with Gasteiger partial charge in [0.15, 0.2) is 5.78 Å². The third-order valence-electron chi connectivity index (χ3n) is 6.21. The Morgan fingerprint density at radius 2 is 1.55 bits per heavy atom. The first-order chi connectivity index (χ1) is 16.1. The highest BCUT2D eigenvalue weighted by Gasteiger charge is 2.19. The molecule has 166 valence electrons. The van der Waals surface area contributed by atoms with E-state index in [-0.39, 0.29) is 5.78 Å². The van der Waals surface area contributed by atoms with E-state index >= 15 is 0 Å². The van der Waals surface area contributed by atoms with Crippen molar-refractivity contribution in [3.8, 4) is 17.0 Å². The molecule has 4 aromatic rings. The minimum atomic E-state index is 0.0935. The van der Waals surface area contributed by atoms with Crippen molar-refractivity contribution >= 4 is 28.1 Å². The van der Waals surface area contributed by atoms with Gasteiger partial charge in [0.05, 0.1) is 25.2 Å². The number of piperazine rings is 1. The van der Waals surface area contributed by atoms with E-state index < -0.39 is 0 Å². The second kappa shape index (κ2) is 8.90. The van der Waals surface area contributed by atoms with Crippen LogP contribution in [0.1, 0.15) is 17.3 Å². The van der Waals surface area contributed by atoms with Gasteiger partial charge in [0.1, 0.15) is 11.6 Å². The number of hydrogen-bond donors (Lipinski definition) is 0. The molecule has 6 heteroatoms. The Morgan fingerprint density at radius 3 is 2.27 bits per heavy atom. The fraction of sp³-hybridized carbons (Fsp3) is 0.222. The zero-order valence-electron chi connectivity index (χ0n) is 18.9. The van der Waals surface area contributed by atoms with Crippen molar-refractivity contribution in [1.82, 2.24) is 9.97 Å². The predicted octanol–water partition coefficient (Wildman–Crippen LogP) is 4.83. The summed E-state index contributed by atoms with van der Waals surface area (Å²) in [5.41, 5.74) is 3.81. The van der Waals surface area contributed by atoms with Crippen molar-refractivity contribution in [2.24, 2.45) is 0 Å². The molecule has 0 saturated carbocycles. The normalized spacial score (nSPS) is 13.9. The summed E-state index contributed by atoms with van der Waals surface area (Å²) in [6.45, 7) is 5.11. The van der Waals surface area contributed by atoms with Gasteiger partial charge in [-0.05, 0) is 60.2 Å². The van der Waals surface area contributed by atoms with Crippen molar-refractivity contribution in [2.45, 2.75) is 6.92 Å². The fourth-order valence-electron chi connectivity index (χ4n) is 4.26. The third kappa shape index (κ3) is 4.37. The molecule has 0 radical (unpaired) electrons. The second-order valence-corrected chi connectivity index (χ2v) is 8.27. The van der Waals surface area contributed by atoms with Crippen LogP contribution in [0.4, 0.5) is 11.5 Å². The Hall–Kier alpha value is -3.93. The largest absolute Gasteiger partial charge is 0.497 e. The molecule has 0 unspecified atom stereocenters. The van der Waals surface area contributed by atoms with Gasteiger partial charge in [-0.1, -0.05) is 18.2 Å². The number of carbonyl (C=O) groups is 1. The van der Waals surface area contributed by atoms with E-state index in [2.05, 4.69) is 39.0 Å². The van der Waals surface area contributed by atoms with Gasteiger partial charge in [-0.25, -0.2) is 4.98 Å². The van der Waals surface area contributed by atoms with Crippen LogP contribution in [0.25, 0.3) is 22.0 Å². The van der Waals surface area contributed by atoms with Crippen LogP contribution in [0.3, 0.4) is 0 Å². The minimum absolute atomic E-state index is 0.0935. The highest BCUT2D eigenvalue weighted by Crippen LogP contribution is 2.27. The number of benzene rings is 3. The Labute approximate surface area is 193 Å². The van der Waals surface area contributed by atoms with Crippen LogP contribution in [0.15, 0.2) is 73.1 Å². The molecule has 0 bridgehead atoms. The average Bonchev–Trinajstić information content (AvgIpc) is 2.88. The maximum absolute atomic E-state index is 11.5. The lowest BCUT2D eigenvalue weighted by Crippen LogP contribution is -2.46. The topological polar surface area (TPSA) is 58.6 Å². The molecule has 0 aliphatic carbocycles. The number of carbonyl (C=O) groups excluding carboxylic acids is 1. The van der Waals surface area contributed by atoms with Crippen LogP contribution in [-0.4, -0.2) is 49.0 Å². The number of ether oxygens (including phenoxy) is 1. The average molecular weight is 439 g/mol. The van der Waals surface area contributed by atoms with E-state index in [1.165, 1.54) is 0 Å². The van der Waals surface area contributed by atoms with E-state index in [0.29, 0.717) is 0 Å². The van der Waals surface area contributed by atoms with Crippen LogP contribution in [0.2, 0.25) is 0 Å². The highest BCUT2D eigenvalue weighted by atomic mass is 16.5. The van der Waals surface area contributed by atoms with Crippen LogP contribution in [-0.2, 0) is 0 Å². The van der Waals surface area contributed by atoms with Crippen molar-refractivity contribution in [3.05, 3.63) is 78.6 Å². The molecule has 1 aromatic heterocycles. The number of hydrogen-bond acceptors (Lipinski definition) is 6. The summed E-state index contributed by atoms with van der Waals surface area (Å²) in [6, 6.07) is 20.3. The van der Waals surface area contributed by atoms with E-state index in [4.69, 9.17) is 9.72 Å². The van der Waals surface area contributed by atoms with Crippen molar-refractivity contribution < 1.29 is 9.53 Å². The van der Waals surface area contributed by atoms with Crippen molar-refractivity contribution in [3.63, 3.8) is 0 Å². The number of Topliss-reactive ketones (excluding diaryl/α,β-unsaturated/α-hetero) is 1. The van der Waals surface area contributed by atoms with Crippen molar-refractivity contribution in [2.75, 3.05) is 43.1 Å². The van der Waals surface area contributed by atoms with Crippen LogP contribution in [0.5, 0.6) is 5.75 Å². The number of ketones is 1. The molecule has 0 N–H and O–H groups in total. The van der Waals surface area contributed by atoms with E-state index in [1.807, 2.05) is 48.8 Å². The molecule has 33 heavy (non-hydrogen) atoms. The SMILES string of the molecule is COc1ccc2cc(-c3cncc(N4CCN(c5ccc(C(C)=O)cc5)CC4)n3)ccc2c1. The number of nitrogens with zero attached hydrogens (tertiary/aromatic N) is 4. The standard InChI is InChI=1S/C27H26N4O2/c1-19(32)20-5-8-24(9-6-20)30-11-13-31(14-12-30)27-18-28-17-26(29-27)23-4-3-22-16-25(33-2)10-7-21(22)15-23/h3-10,15-18H,11-14H2,1-2H3. The Morgan fingerprint density at radius 1 is 0.848 bits per heavy atom. The highest BCUT2D eigenvalue weighted by molar-refractivity contribution is 5.94. The molecule has 1 aliphatic heterocycles. The number of methoxy groups -OCH3 is 1. The molecule has 6 nitrogen and oxygen atoms in total. The molecule has 2 heterocycles. The Kier molecular flexibility index (Phi) is 5.65. The van der Waals surface area contributed by atoms with E-state index in [0.717, 1.165) is 71.0 Å². The van der Waals surface area contributed by atoms with Gasteiger partial charge in [-0.15, -0.1) is 0 Å². The number of fused-ring (bicyclic) bond motifs is 1. The first-order valence-corrected chi connectivity index (χ1v) is 11.1. The van der Waals surface area contributed by atoms with Gasteiger partial charge in [-0.3, -0.25) is 9.78 Å². The van der Waals surface area contributed by atoms with Gasteiger partial charge in [0.25, 0.3) is 0 Å². The zero-order valence-corrected chi connectivity index (χ0v) is 18.9. The van der Waals surface area contributed by atoms with Gasteiger partial charge in [0.2, 0.25) is 0 Å². The van der Waals surface area contributed by atoms with E-state index in [9.17, 15) is 4.79 Å². The first-order valence-electron chi connectivity index (χ1n) is 11.1. The molecule has 1 saturated heterocycles. The smallest absolute Gasteiger partial charge is 0.159 e. The summed E-state index contributed by atoms with van der Waals surface area (Å²) in [6.07, 6.45) is 3.66. The summed E-state index contributed by atoms with van der Waals surface area (Å²) in [5, 5.41) is 2.28. The van der Waals surface area contributed by atoms with Crippen LogP contribution in [0, 0.1) is 0 Å². The molecule has 1 fully saturated rings. The molecule has 0 spiro atoms. The van der Waals surface area contributed by atoms with Crippen LogP contribution >= 0.6 is 0 Å². The number of anilines is 2. The zero-order chi connectivity index (χ0) is 22.8. The van der Waals surface area contributed by atoms with E-state index in [1.54, 1.807) is 14.0 Å². The summed E-state index contributed by atoms with van der Waals surface area (Å²) >= 11 is 0. The van der Waals surface area contributed by atoms with Gasteiger partial charge in [-0.2, -0.15) is 0 Å². The molecule has 5 rings (SSSR count). The Bertz CT molecular complexity index is 1300. The maximum atomic E-state index is 11.5. The lowest BCUT2D eigenvalue weighted by atomic mass is 10.0. The molecule has 0 atom stereocenters. The van der Waals surface area contributed by atoms with Gasteiger partial charge >= 0.3 is 0 Å². The van der Waals surface area contributed by atoms with Crippen LogP contribution < -0.4 is 14.5 Å². The van der Waals surface area contributed by atoms with Crippen molar-refractivity contribution in [1.29, 1.82) is 0 Å². The Balaban J connectivity index is 1.31. The molecule has 3 aromatic carbocycles. The molecular formula is C27H26N4O2. The summed E-state index contributed by atoms with van der Waals surface area (Å²) < 4.78 is 5.33. The second-order valence-electron chi connectivity index (χ2n) is 8.27. The lowest BCUT2D eigenvalue weighted by Gasteiger charge is -2.36. The van der Waals surface area contributed by atoms with Gasteiger partial charge < -0.3 is 14.5 Å².